The van der Waals surface area contributed by atoms with Crippen LogP contribution < -0.4 is 0 Å². The number of carbonyl (C=O) groups is 3. The molecular formula is C56H108O6. The van der Waals surface area contributed by atoms with Crippen molar-refractivity contribution < 1.29 is 28.6 Å². The van der Waals surface area contributed by atoms with E-state index in [2.05, 4.69) is 41.5 Å². The average molecular weight is 877 g/mol. The van der Waals surface area contributed by atoms with Crippen molar-refractivity contribution >= 4 is 17.9 Å². The predicted molar refractivity (Wildman–Crippen MR) is 266 cm³/mol. The highest BCUT2D eigenvalue weighted by Crippen LogP contribution is 2.18. The van der Waals surface area contributed by atoms with Crippen molar-refractivity contribution in [1.29, 1.82) is 0 Å². The summed E-state index contributed by atoms with van der Waals surface area (Å²) < 4.78 is 16.8. The molecule has 0 saturated carbocycles. The molecular weight excluding hydrogens is 769 g/mol. The summed E-state index contributed by atoms with van der Waals surface area (Å²) in [7, 11) is 0. The van der Waals surface area contributed by atoms with E-state index in [1.54, 1.807) is 0 Å². The Bertz CT molecular complexity index is 960. The lowest BCUT2D eigenvalue weighted by atomic mass is 10.0. The molecule has 62 heavy (non-hydrogen) atoms. The molecule has 0 spiro atoms. The van der Waals surface area contributed by atoms with Gasteiger partial charge in [0.1, 0.15) is 13.2 Å². The molecule has 6 heteroatoms. The van der Waals surface area contributed by atoms with E-state index in [0.29, 0.717) is 19.3 Å². The maximum absolute atomic E-state index is 12.8. The van der Waals surface area contributed by atoms with Crippen LogP contribution >= 0.6 is 0 Å². The number of rotatable bonds is 49. The van der Waals surface area contributed by atoms with Crippen LogP contribution in [0.2, 0.25) is 0 Å². The van der Waals surface area contributed by atoms with Crippen LogP contribution in [0.3, 0.4) is 0 Å². The Kier molecular flexibility index (Phi) is 46.2. The molecule has 0 rings (SSSR count). The zero-order valence-corrected chi connectivity index (χ0v) is 42.7. The first-order valence-corrected chi connectivity index (χ1v) is 27.6. The number of carbonyl (C=O) groups excluding carboxylic acids is 3. The normalized spacial score (nSPS) is 12.1. The number of hydrogen-bond acceptors (Lipinski definition) is 6. The molecule has 1 atom stereocenters. The van der Waals surface area contributed by atoms with Gasteiger partial charge in [0, 0.05) is 19.3 Å². The summed E-state index contributed by atoms with van der Waals surface area (Å²) >= 11 is 0. The van der Waals surface area contributed by atoms with Crippen LogP contribution in [0.5, 0.6) is 0 Å². The summed E-state index contributed by atoms with van der Waals surface area (Å²) in [5.74, 6) is 1.63. The van der Waals surface area contributed by atoms with Crippen LogP contribution in [-0.4, -0.2) is 37.2 Å². The Morgan fingerprint density at radius 3 is 0.694 bits per heavy atom. The van der Waals surface area contributed by atoms with Crippen molar-refractivity contribution in [3.63, 3.8) is 0 Å². The van der Waals surface area contributed by atoms with E-state index in [0.717, 1.165) is 75.5 Å². The fourth-order valence-corrected chi connectivity index (χ4v) is 8.47. The third-order valence-electron chi connectivity index (χ3n) is 12.6. The lowest BCUT2D eigenvalue weighted by Gasteiger charge is -2.18. The molecule has 0 radical (unpaired) electrons. The first kappa shape index (κ1) is 60.4. The fourth-order valence-electron chi connectivity index (χ4n) is 8.47. The highest BCUT2D eigenvalue weighted by atomic mass is 16.6. The number of ether oxygens (including phenoxy) is 3. The van der Waals surface area contributed by atoms with E-state index in [9.17, 15) is 14.4 Å². The highest BCUT2D eigenvalue weighted by molar-refractivity contribution is 5.71. The lowest BCUT2D eigenvalue weighted by molar-refractivity contribution is -0.167. The molecule has 0 N–H and O–H groups in total. The van der Waals surface area contributed by atoms with Gasteiger partial charge in [0.25, 0.3) is 0 Å². The SMILES string of the molecule is CC(C)CCCCCCCCCCCCCCCCCCC(=O)O[C@H](COC(=O)CCCCCCCCCCCCCC(C)C)COC(=O)CCCCCCCCCCC(C)C. The quantitative estimate of drug-likeness (QED) is 0.0344. The van der Waals surface area contributed by atoms with Crippen LogP contribution in [-0.2, 0) is 28.6 Å². The van der Waals surface area contributed by atoms with Gasteiger partial charge in [-0.1, -0.05) is 266 Å². The van der Waals surface area contributed by atoms with Crippen molar-refractivity contribution in [2.45, 2.75) is 311 Å². The first-order chi connectivity index (χ1) is 30.1. The van der Waals surface area contributed by atoms with Crippen LogP contribution in [0.4, 0.5) is 0 Å². The van der Waals surface area contributed by atoms with Crippen LogP contribution in [0.25, 0.3) is 0 Å². The van der Waals surface area contributed by atoms with Gasteiger partial charge in [0.05, 0.1) is 0 Å². The summed E-state index contributed by atoms with van der Waals surface area (Å²) in [6.07, 6.45) is 48.1. The second-order valence-electron chi connectivity index (χ2n) is 20.6. The van der Waals surface area contributed by atoms with Crippen molar-refractivity contribution in [3.8, 4) is 0 Å². The smallest absolute Gasteiger partial charge is 0.306 e. The van der Waals surface area contributed by atoms with Crippen LogP contribution in [0.1, 0.15) is 305 Å². The molecule has 0 aliphatic carbocycles. The molecule has 0 aliphatic heterocycles. The first-order valence-electron chi connectivity index (χ1n) is 27.6. The molecule has 368 valence electrons. The Morgan fingerprint density at radius 1 is 0.274 bits per heavy atom. The summed E-state index contributed by atoms with van der Waals surface area (Å²) in [6.45, 7) is 13.7. The minimum atomic E-state index is -0.763. The Balaban J connectivity index is 4.27. The molecule has 0 amide bonds. The van der Waals surface area contributed by atoms with Crippen molar-refractivity contribution in [2.75, 3.05) is 13.2 Å². The Morgan fingerprint density at radius 2 is 0.468 bits per heavy atom. The van der Waals surface area contributed by atoms with Gasteiger partial charge in [-0.3, -0.25) is 14.4 Å². The second kappa shape index (κ2) is 47.4. The van der Waals surface area contributed by atoms with Gasteiger partial charge >= 0.3 is 17.9 Å². The van der Waals surface area contributed by atoms with Crippen molar-refractivity contribution in [3.05, 3.63) is 0 Å². The summed E-state index contributed by atoms with van der Waals surface area (Å²) in [4.78, 5) is 38.0. The third kappa shape index (κ3) is 49.4. The van der Waals surface area contributed by atoms with Crippen LogP contribution in [0, 0.1) is 17.8 Å². The fraction of sp³-hybridized carbons (Fsp3) is 0.946. The molecule has 0 aromatic carbocycles. The molecule has 0 fully saturated rings. The van der Waals surface area contributed by atoms with Gasteiger partial charge < -0.3 is 14.2 Å². The van der Waals surface area contributed by atoms with Gasteiger partial charge in [0.2, 0.25) is 0 Å². The monoisotopic (exact) mass is 877 g/mol. The van der Waals surface area contributed by atoms with Crippen LogP contribution in [0.15, 0.2) is 0 Å². The summed E-state index contributed by atoms with van der Waals surface area (Å²) in [6, 6.07) is 0. The molecule has 0 unspecified atom stereocenters. The zero-order chi connectivity index (χ0) is 45.6. The van der Waals surface area contributed by atoms with E-state index >= 15 is 0 Å². The minimum Gasteiger partial charge on any atom is -0.462 e. The van der Waals surface area contributed by atoms with Gasteiger partial charge in [-0.25, -0.2) is 0 Å². The van der Waals surface area contributed by atoms with Crippen molar-refractivity contribution in [1.82, 2.24) is 0 Å². The van der Waals surface area contributed by atoms with E-state index in [-0.39, 0.29) is 31.1 Å². The largest absolute Gasteiger partial charge is 0.462 e. The predicted octanol–water partition coefficient (Wildman–Crippen LogP) is 17.9. The molecule has 0 heterocycles. The van der Waals surface area contributed by atoms with Gasteiger partial charge in [-0.05, 0) is 37.0 Å². The van der Waals surface area contributed by atoms with Gasteiger partial charge in [-0.15, -0.1) is 0 Å². The molecule has 0 bridgehead atoms. The Hall–Kier alpha value is -1.59. The standard InChI is InChI=1S/C56H108O6/c1-50(2)42-36-30-24-18-14-11-9-7-8-10-12-16-21-29-35-41-47-56(59)62-53(49-61-55(58)46-40-34-28-23-22-26-32-38-44-52(5)6)48-60-54(57)45-39-33-27-20-17-13-15-19-25-31-37-43-51(3)4/h50-53H,7-49H2,1-6H3/t53-/m1/s1. The number of hydrogen-bond donors (Lipinski definition) is 0. The molecule has 0 aromatic heterocycles. The number of unbranched alkanes of at least 4 members (excludes halogenated alkanes) is 32. The maximum Gasteiger partial charge on any atom is 0.306 e. The highest BCUT2D eigenvalue weighted by Gasteiger charge is 2.19. The molecule has 0 aliphatic rings. The Labute approximate surface area is 387 Å². The van der Waals surface area contributed by atoms with E-state index < -0.39 is 6.10 Å². The molecule has 0 saturated heterocycles. The lowest BCUT2D eigenvalue weighted by Crippen LogP contribution is -2.30. The molecule has 6 nitrogen and oxygen atoms in total. The minimum absolute atomic E-state index is 0.0644. The van der Waals surface area contributed by atoms with E-state index in [1.807, 2.05) is 0 Å². The molecule has 0 aromatic rings. The van der Waals surface area contributed by atoms with Crippen molar-refractivity contribution in [2.24, 2.45) is 17.8 Å². The maximum atomic E-state index is 12.8. The topological polar surface area (TPSA) is 78.9 Å². The summed E-state index contributed by atoms with van der Waals surface area (Å²) in [5, 5.41) is 0. The van der Waals surface area contributed by atoms with Gasteiger partial charge in [-0.2, -0.15) is 0 Å². The third-order valence-corrected chi connectivity index (χ3v) is 12.6. The van der Waals surface area contributed by atoms with Gasteiger partial charge in [0.15, 0.2) is 6.10 Å². The average Bonchev–Trinajstić information content (AvgIpc) is 3.23. The zero-order valence-electron chi connectivity index (χ0n) is 42.7. The van der Waals surface area contributed by atoms with E-state index in [1.165, 1.54) is 186 Å². The second-order valence-corrected chi connectivity index (χ2v) is 20.6. The summed E-state index contributed by atoms with van der Waals surface area (Å²) in [5.41, 5.74) is 0. The number of esters is 3. The van der Waals surface area contributed by atoms with E-state index in [4.69, 9.17) is 14.2 Å².